The number of hydrogen-bond acceptors (Lipinski definition) is 6. The van der Waals surface area contributed by atoms with Gasteiger partial charge in [0, 0.05) is 0 Å². The number of ether oxygens (including phenoxy) is 3. The van der Waals surface area contributed by atoms with Crippen LogP contribution in [0, 0.1) is 0 Å². The Labute approximate surface area is 119 Å². The van der Waals surface area contributed by atoms with Gasteiger partial charge >= 0.3 is 0 Å². The molecule has 7 nitrogen and oxygen atoms in total. The smallest absolute Gasteiger partial charge is 0.167 e. The number of hydrogen-bond donors (Lipinski definition) is 0. The monoisotopic (exact) mass is 296 g/mol. The van der Waals surface area contributed by atoms with E-state index in [1.807, 2.05) is 18.4 Å². The summed E-state index contributed by atoms with van der Waals surface area (Å²) in [4.78, 5) is 12.4. The van der Waals surface area contributed by atoms with Gasteiger partial charge in [-0.2, -0.15) is 0 Å². The van der Waals surface area contributed by atoms with E-state index >= 15 is 0 Å². The van der Waals surface area contributed by atoms with E-state index in [0.29, 0.717) is 22.9 Å². The molecule has 106 valence electrons. The molecule has 2 unspecified atom stereocenters. The topological polar surface area (TPSA) is 71.3 Å². The van der Waals surface area contributed by atoms with Crippen molar-refractivity contribution < 1.29 is 14.2 Å². The number of nitrogens with zero attached hydrogens (tertiary/aromatic N) is 4. The van der Waals surface area contributed by atoms with Crippen molar-refractivity contribution in [2.24, 2.45) is 0 Å². The fourth-order valence-corrected chi connectivity index (χ4v) is 2.95. The molecular weight excluding hydrogens is 284 g/mol. The molecule has 0 N–H and O–H groups in total. The standard InChI is InChI=1S/C12H13ClN4O3/c1-12(2)19-6-3-18-11(8(6)20-12)17-5-16-7-9(13)14-4-15-10(7)17/h4-6,8,11H,3H2,1-2H3/t6?,8?,11-/m1/s1. The summed E-state index contributed by atoms with van der Waals surface area (Å²) in [6, 6.07) is 0. The predicted molar refractivity (Wildman–Crippen MR) is 69.1 cm³/mol. The first-order valence-electron chi connectivity index (χ1n) is 6.35. The highest BCUT2D eigenvalue weighted by Gasteiger charge is 2.51. The number of imidazole rings is 1. The molecule has 0 aromatic carbocycles. The largest absolute Gasteiger partial charge is 0.352 e. The Hall–Kier alpha value is -1.28. The van der Waals surface area contributed by atoms with Crippen molar-refractivity contribution in [3.05, 3.63) is 17.8 Å². The maximum atomic E-state index is 6.01. The zero-order valence-electron chi connectivity index (χ0n) is 11.0. The maximum absolute atomic E-state index is 6.01. The van der Waals surface area contributed by atoms with Crippen molar-refractivity contribution in [2.75, 3.05) is 6.61 Å². The highest BCUT2D eigenvalue weighted by Crippen LogP contribution is 2.40. The Balaban J connectivity index is 1.75. The Bertz CT molecular complexity index is 674. The number of rotatable bonds is 1. The van der Waals surface area contributed by atoms with Crippen molar-refractivity contribution in [1.29, 1.82) is 0 Å². The molecule has 2 aliphatic heterocycles. The van der Waals surface area contributed by atoms with Crippen LogP contribution >= 0.6 is 11.6 Å². The third-order valence-electron chi connectivity index (χ3n) is 3.52. The van der Waals surface area contributed by atoms with Gasteiger partial charge < -0.3 is 14.2 Å². The summed E-state index contributed by atoms with van der Waals surface area (Å²) in [6.07, 6.45) is 2.47. The van der Waals surface area contributed by atoms with Gasteiger partial charge in [0.1, 0.15) is 24.1 Å². The van der Waals surface area contributed by atoms with Crippen LogP contribution in [-0.2, 0) is 14.2 Å². The van der Waals surface area contributed by atoms with E-state index in [2.05, 4.69) is 15.0 Å². The van der Waals surface area contributed by atoms with Gasteiger partial charge in [-0.25, -0.2) is 15.0 Å². The second kappa shape index (κ2) is 4.11. The Morgan fingerprint density at radius 1 is 1.30 bits per heavy atom. The van der Waals surface area contributed by atoms with E-state index in [-0.39, 0.29) is 18.4 Å². The van der Waals surface area contributed by atoms with Crippen molar-refractivity contribution in [3.8, 4) is 0 Å². The van der Waals surface area contributed by atoms with E-state index < -0.39 is 5.79 Å². The average Bonchev–Trinajstić information content (AvgIpc) is 3.01. The van der Waals surface area contributed by atoms with Crippen molar-refractivity contribution in [2.45, 2.75) is 38.1 Å². The molecular formula is C12H13ClN4O3. The fraction of sp³-hybridized carbons (Fsp3) is 0.583. The molecule has 0 aliphatic carbocycles. The SMILES string of the molecule is CC1(C)OC2CO[C@@H](n3cnc4c(Cl)ncnc43)C2O1. The van der Waals surface area contributed by atoms with Crippen LogP contribution < -0.4 is 0 Å². The molecule has 0 spiro atoms. The van der Waals surface area contributed by atoms with E-state index in [9.17, 15) is 0 Å². The van der Waals surface area contributed by atoms with Crippen LogP contribution in [0.3, 0.4) is 0 Å². The van der Waals surface area contributed by atoms with Gasteiger partial charge in [-0.1, -0.05) is 11.6 Å². The minimum absolute atomic E-state index is 0.0789. The maximum Gasteiger partial charge on any atom is 0.167 e. The second-order valence-electron chi connectivity index (χ2n) is 5.35. The van der Waals surface area contributed by atoms with Gasteiger partial charge in [-0.05, 0) is 13.8 Å². The number of fused-ring (bicyclic) bond motifs is 2. The van der Waals surface area contributed by atoms with Crippen molar-refractivity contribution in [3.63, 3.8) is 0 Å². The minimum atomic E-state index is -0.597. The van der Waals surface area contributed by atoms with Crippen LogP contribution in [0.2, 0.25) is 5.15 Å². The summed E-state index contributed by atoms with van der Waals surface area (Å²) in [7, 11) is 0. The first-order valence-corrected chi connectivity index (χ1v) is 6.73. The highest BCUT2D eigenvalue weighted by molar-refractivity contribution is 6.33. The molecule has 0 radical (unpaired) electrons. The Kier molecular flexibility index (Phi) is 2.56. The quantitative estimate of drug-likeness (QED) is 0.743. The number of halogens is 1. The third kappa shape index (κ3) is 1.74. The first-order chi connectivity index (χ1) is 9.55. The van der Waals surface area contributed by atoms with Crippen LogP contribution in [-0.4, -0.2) is 44.1 Å². The Morgan fingerprint density at radius 3 is 3.00 bits per heavy atom. The summed E-state index contributed by atoms with van der Waals surface area (Å²) in [5.74, 6) is -0.597. The first kappa shape index (κ1) is 12.5. The lowest BCUT2D eigenvalue weighted by molar-refractivity contribution is -0.183. The van der Waals surface area contributed by atoms with Crippen LogP contribution in [0.4, 0.5) is 0 Å². The highest BCUT2D eigenvalue weighted by atomic mass is 35.5. The van der Waals surface area contributed by atoms with Gasteiger partial charge in [-0.3, -0.25) is 4.57 Å². The molecule has 3 atom stereocenters. The lowest BCUT2D eigenvalue weighted by Crippen LogP contribution is -2.27. The molecule has 2 aliphatic rings. The summed E-state index contributed by atoms with van der Waals surface area (Å²) in [6.45, 7) is 4.28. The second-order valence-corrected chi connectivity index (χ2v) is 5.71. The lowest BCUT2D eigenvalue weighted by Gasteiger charge is -2.22. The minimum Gasteiger partial charge on any atom is -0.352 e. The van der Waals surface area contributed by atoms with Crippen molar-refractivity contribution in [1.82, 2.24) is 19.5 Å². The Morgan fingerprint density at radius 2 is 2.15 bits per heavy atom. The van der Waals surface area contributed by atoms with Gasteiger partial charge in [0.2, 0.25) is 0 Å². The zero-order chi connectivity index (χ0) is 13.9. The molecule has 2 fully saturated rings. The summed E-state index contributed by atoms with van der Waals surface area (Å²) >= 11 is 6.01. The molecule has 20 heavy (non-hydrogen) atoms. The predicted octanol–water partition coefficient (Wildman–Crippen LogP) is 1.53. The van der Waals surface area contributed by atoms with Crippen LogP contribution in [0.5, 0.6) is 0 Å². The molecule has 2 aromatic rings. The fourth-order valence-electron chi connectivity index (χ4n) is 2.77. The van der Waals surface area contributed by atoms with Crippen LogP contribution in [0.15, 0.2) is 12.7 Å². The van der Waals surface area contributed by atoms with Crippen LogP contribution in [0.25, 0.3) is 11.2 Å². The zero-order valence-corrected chi connectivity index (χ0v) is 11.7. The molecule has 8 heteroatoms. The summed E-state index contributed by atoms with van der Waals surface area (Å²) in [5, 5.41) is 0.326. The van der Waals surface area contributed by atoms with E-state index in [1.165, 1.54) is 6.33 Å². The normalized spacial score (nSPS) is 31.9. The van der Waals surface area contributed by atoms with Crippen LogP contribution in [0.1, 0.15) is 20.1 Å². The van der Waals surface area contributed by atoms with Gasteiger partial charge in [-0.15, -0.1) is 0 Å². The summed E-state index contributed by atoms with van der Waals surface area (Å²) in [5.41, 5.74) is 1.18. The molecule has 0 saturated carbocycles. The van der Waals surface area contributed by atoms with Gasteiger partial charge in [0.25, 0.3) is 0 Å². The lowest BCUT2D eigenvalue weighted by atomic mass is 10.2. The molecule has 2 saturated heterocycles. The number of aromatic nitrogens is 4. The van der Waals surface area contributed by atoms with E-state index in [0.717, 1.165) is 0 Å². The van der Waals surface area contributed by atoms with Gasteiger partial charge in [0.05, 0.1) is 12.9 Å². The molecule has 2 aromatic heterocycles. The third-order valence-corrected chi connectivity index (χ3v) is 3.80. The average molecular weight is 297 g/mol. The van der Waals surface area contributed by atoms with E-state index in [4.69, 9.17) is 25.8 Å². The molecule has 0 bridgehead atoms. The molecule has 4 heterocycles. The molecule has 0 amide bonds. The van der Waals surface area contributed by atoms with Crippen molar-refractivity contribution >= 4 is 22.8 Å². The molecule has 4 rings (SSSR count). The van der Waals surface area contributed by atoms with Gasteiger partial charge in [0.15, 0.2) is 22.8 Å². The summed E-state index contributed by atoms with van der Waals surface area (Å²) < 4.78 is 19.3. The van der Waals surface area contributed by atoms with E-state index in [1.54, 1.807) is 6.33 Å².